The zero-order valence-electron chi connectivity index (χ0n) is 9.70. The van der Waals surface area contributed by atoms with Gasteiger partial charge in [-0.05, 0) is 28.9 Å². The Morgan fingerprint density at radius 3 is 2.78 bits per heavy atom. The molecule has 0 fully saturated rings. The van der Waals surface area contributed by atoms with Crippen molar-refractivity contribution < 1.29 is 14.0 Å². The molecule has 0 unspecified atom stereocenters. The van der Waals surface area contributed by atoms with E-state index in [0.29, 0.717) is 18.9 Å². The van der Waals surface area contributed by atoms with Crippen LogP contribution in [-0.2, 0) is 0 Å². The number of ether oxygens (including phenoxy) is 2. The summed E-state index contributed by atoms with van der Waals surface area (Å²) in [5.74, 6) is 1.78. The van der Waals surface area contributed by atoms with Gasteiger partial charge in [0.1, 0.15) is 18.9 Å². The van der Waals surface area contributed by atoms with Gasteiger partial charge in [0.25, 0.3) is 0 Å². The number of fused-ring (bicyclic) bond motifs is 1. The maximum atomic E-state index is 5.64. The van der Waals surface area contributed by atoms with Crippen LogP contribution in [0.2, 0.25) is 0 Å². The number of nitrogens with two attached hydrogens (primary N) is 1. The lowest BCUT2D eigenvalue weighted by Crippen LogP contribution is -2.16. The zero-order valence-corrected chi connectivity index (χ0v) is 11.3. The molecule has 1 aromatic heterocycles. The van der Waals surface area contributed by atoms with Crippen LogP contribution in [0.15, 0.2) is 21.1 Å². The van der Waals surface area contributed by atoms with Crippen molar-refractivity contribution in [1.82, 2.24) is 5.16 Å². The molecule has 0 radical (unpaired) electrons. The largest absolute Gasteiger partial charge is 0.486 e. The molecule has 0 saturated carbocycles. The highest BCUT2D eigenvalue weighted by molar-refractivity contribution is 9.10. The minimum absolute atomic E-state index is 0.284. The number of anilines is 1. The highest BCUT2D eigenvalue weighted by Crippen LogP contribution is 2.43. The number of rotatable bonds is 1. The van der Waals surface area contributed by atoms with Crippen molar-refractivity contribution in [2.75, 3.05) is 18.9 Å². The summed E-state index contributed by atoms with van der Waals surface area (Å²) in [6.07, 6.45) is 0. The highest BCUT2D eigenvalue weighted by Gasteiger charge is 2.22. The second-order valence-electron chi connectivity index (χ2n) is 4.00. The van der Waals surface area contributed by atoms with Crippen molar-refractivity contribution in [3.05, 3.63) is 22.2 Å². The Balaban J connectivity index is 2.20. The molecule has 18 heavy (non-hydrogen) atoms. The van der Waals surface area contributed by atoms with Crippen molar-refractivity contribution in [2.45, 2.75) is 6.92 Å². The van der Waals surface area contributed by atoms with Crippen molar-refractivity contribution >= 4 is 21.8 Å². The lowest BCUT2D eigenvalue weighted by molar-refractivity contribution is 0.170. The summed E-state index contributed by atoms with van der Waals surface area (Å²) in [4.78, 5) is 0. The molecule has 0 spiro atoms. The Bertz CT molecular complexity index is 610. The summed E-state index contributed by atoms with van der Waals surface area (Å²) in [6, 6.07) is 3.56. The molecule has 1 aliphatic rings. The normalized spacial score (nSPS) is 13.7. The lowest BCUT2D eigenvalue weighted by atomic mass is 10.0. The molecule has 2 N–H and O–H groups in total. The second-order valence-corrected chi connectivity index (χ2v) is 4.85. The topological polar surface area (TPSA) is 70.5 Å². The molecule has 1 aromatic carbocycles. The molecule has 0 aliphatic carbocycles. The first-order valence-corrected chi connectivity index (χ1v) is 6.27. The summed E-state index contributed by atoms with van der Waals surface area (Å²) in [6.45, 7) is 3.07. The first-order valence-electron chi connectivity index (χ1n) is 5.48. The van der Waals surface area contributed by atoms with E-state index in [1.807, 2.05) is 13.0 Å². The van der Waals surface area contributed by atoms with Gasteiger partial charge < -0.3 is 19.7 Å². The summed E-state index contributed by atoms with van der Waals surface area (Å²) in [5.41, 5.74) is 8.08. The lowest BCUT2D eigenvalue weighted by Gasteiger charge is -2.22. The Hall–Kier alpha value is -1.69. The molecule has 2 heterocycles. The van der Waals surface area contributed by atoms with Crippen LogP contribution in [0.5, 0.6) is 11.5 Å². The van der Waals surface area contributed by atoms with Gasteiger partial charge in [0.2, 0.25) is 5.88 Å². The number of nitrogens with zero attached hydrogens (tertiary/aromatic N) is 1. The van der Waals surface area contributed by atoms with Gasteiger partial charge in [-0.25, -0.2) is 0 Å². The smallest absolute Gasteiger partial charge is 0.222 e. The van der Waals surface area contributed by atoms with E-state index in [1.165, 1.54) is 0 Å². The Morgan fingerprint density at radius 1 is 1.28 bits per heavy atom. The summed E-state index contributed by atoms with van der Waals surface area (Å²) >= 11 is 3.51. The standard InChI is InChI=1S/C12H11BrN2O3/c1-6-11(8-5-10(14)18-15-8)7(13)4-9-12(6)17-3-2-16-9/h4-5H,2-3,14H2,1H3. The van der Waals surface area contributed by atoms with Crippen LogP contribution >= 0.6 is 15.9 Å². The molecular weight excluding hydrogens is 300 g/mol. The second kappa shape index (κ2) is 4.20. The van der Waals surface area contributed by atoms with E-state index in [9.17, 15) is 0 Å². The molecule has 2 aromatic rings. The SMILES string of the molecule is Cc1c2c(cc(Br)c1-c1cc(N)on1)OCCO2. The van der Waals surface area contributed by atoms with Crippen molar-refractivity contribution in [1.29, 1.82) is 0 Å². The van der Waals surface area contributed by atoms with Crippen LogP contribution in [0.3, 0.4) is 0 Å². The Kier molecular flexibility index (Phi) is 2.66. The number of hydrogen-bond donors (Lipinski definition) is 1. The fraction of sp³-hybridized carbons (Fsp3) is 0.250. The minimum Gasteiger partial charge on any atom is -0.486 e. The molecule has 6 heteroatoms. The Labute approximate surface area is 112 Å². The van der Waals surface area contributed by atoms with Crippen LogP contribution in [0.25, 0.3) is 11.3 Å². The van der Waals surface area contributed by atoms with E-state index in [2.05, 4.69) is 21.1 Å². The summed E-state index contributed by atoms with van der Waals surface area (Å²) < 4.78 is 17.0. The average molecular weight is 311 g/mol. The zero-order chi connectivity index (χ0) is 12.7. The molecule has 1 aliphatic heterocycles. The van der Waals surface area contributed by atoms with E-state index in [1.54, 1.807) is 6.07 Å². The first kappa shape index (κ1) is 11.4. The third-order valence-electron chi connectivity index (χ3n) is 2.81. The molecule has 0 atom stereocenters. The van der Waals surface area contributed by atoms with Gasteiger partial charge in [-0.15, -0.1) is 0 Å². The van der Waals surface area contributed by atoms with E-state index < -0.39 is 0 Å². The number of halogens is 1. The molecular formula is C12H11BrN2O3. The summed E-state index contributed by atoms with van der Waals surface area (Å²) in [7, 11) is 0. The van der Waals surface area contributed by atoms with Crippen molar-refractivity contribution in [3.8, 4) is 22.8 Å². The molecule has 5 nitrogen and oxygen atoms in total. The van der Waals surface area contributed by atoms with Gasteiger partial charge in [0, 0.05) is 21.7 Å². The highest BCUT2D eigenvalue weighted by atomic mass is 79.9. The van der Waals surface area contributed by atoms with E-state index in [-0.39, 0.29) is 5.88 Å². The fourth-order valence-electron chi connectivity index (χ4n) is 2.03. The van der Waals surface area contributed by atoms with Crippen LogP contribution in [0.1, 0.15) is 5.56 Å². The van der Waals surface area contributed by atoms with E-state index >= 15 is 0 Å². The summed E-state index contributed by atoms with van der Waals surface area (Å²) in [5, 5.41) is 3.93. The van der Waals surface area contributed by atoms with Gasteiger partial charge >= 0.3 is 0 Å². The molecule has 0 amide bonds. The molecule has 94 valence electrons. The predicted molar refractivity (Wildman–Crippen MR) is 69.8 cm³/mol. The van der Waals surface area contributed by atoms with Gasteiger partial charge in [-0.3, -0.25) is 0 Å². The average Bonchev–Trinajstić information content (AvgIpc) is 2.76. The Morgan fingerprint density at radius 2 is 2.06 bits per heavy atom. The monoisotopic (exact) mass is 310 g/mol. The molecule has 3 rings (SSSR count). The van der Waals surface area contributed by atoms with Crippen LogP contribution in [-0.4, -0.2) is 18.4 Å². The van der Waals surface area contributed by atoms with Crippen molar-refractivity contribution in [2.24, 2.45) is 0 Å². The molecule has 0 saturated heterocycles. The maximum absolute atomic E-state index is 5.64. The molecule has 0 bridgehead atoms. The van der Waals surface area contributed by atoms with Gasteiger partial charge in [0.05, 0.1) is 0 Å². The quantitative estimate of drug-likeness (QED) is 0.877. The predicted octanol–water partition coefficient (Wildman–Crippen LogP) is 2.77. The fourth-order valence-corrected chi connectivity index (χ4v) is 2.74. The van der Waals surface area contributed by atoms with E-state index in [4.69, 9.17) is 19.7 Å². The third-order valence-corrected chi connectivity index (χ3v) is 3.43. The van der Waals surface area contributed by atoms with Crippen molar-refractivity contribution in [3.63, 3.8) is 0 Å². The van der Waals surface area contributed by atoms with Crippen LogP contribution < -0.4 is 15.2 Å². The van der Waals surface area contributed by atoms with Crippen LogP contribution in [0, 0.1) is 6.92 Å². The van der Waals surface area contributed by atoms with Gasteiger partial charge in [-0.1, -0.05) is 5.16 Å². The third kappa shape index (κ3) is 1.73. The number of nitrogen functional groups attached to an aromatic ring is 1. The minimum atomic E-state index is 0.284. The van der Waals surface area contributed by atoms with E-state index in [0.717, 1.165) is 27.1 Å². The number of hydrogen-bond acceptors (Lipinski definition) is 5. The van der Waals surface area contributed by atoms with Gasteiger partial charge in [-0.2, -0.15) is 0 Å². The number of benzene rings is 1. The van der Waals surface area contributed by atoms with Crippen LogP contribution in [0.4, 0.5) is 5.88 Å². The van der Waals surface area contributed by atoms with Gasteiger partial charge in [0.15, 0.2) is 11.5 Å². The first-order chi connectivity index (χ1) is 8.66. The number of aromatic nitrogens is 1. The maximum Gasteiger partial charge on any atom is 0.222 e.